The van der Waals surface area contributed by atoms with E-state index in [1.165, 1.54) is 0 Å². The van der Waals surface area contributed by atoms with Gasteiger partial charge in [0.1, 0.15) is 11.5 Å². The fraction of sp³-hybridized carbons (Fsp3) is 0.100. The number of amides is 1. The smallest absolute Gasteiger partial charge is 0.269 e. The van der Waals surface area contributed by atoms with Crippen molar-refractivity contribution in [1.82, 2.24) is 19.9 Å². The molecule has 2 aromatic heterocycles. The number of nitrogens with zero attached hydrogens (tertiary/aromatic N) is 2. The molecule has 0 saturated heterocycles. The van der Waals surface area contributed by atoms with E-state index >= 15 is 0 Å². The van der Waals surface area contributed by atoms with Gasteiger partial charge in [0, 0.05) is 40.3 Å². The molecule has 142 valence electrons. The molecule has 0 aliphatic heterocycles. The minimum Gasteiger partial charge on any atom is -0.349 e. The number of aryl methyl sites for hydroxylation is 1. The van der Waals surface area contributed by atoms with Crippen LogP contribution in [0.4, 0.5) is 0 Å². The molecule has 8 heteroatoms. The number of carbonyl (C=O) groups excluding carboxylic acids is 1. The average molecular weight is 413 g/mol. The van der Waals surface area contributed by atoms with Crippen LogP contribution in [0.2, 0.25) is 5.02 Å². The molecule has 2 heterocycles. The van der Waals surface area contributed by atoms with Crippen LogP contribution in [0.25, 0.3) is 10.9 Å². The van der Waals surface area contributed by atoms with E-state index in [0.717, 1.165) is 5.82 Å². The third-order valence-corrected chi connectivity index (χ3v) is 6.14. The average Bonchev–Trinajstić information content (AvgIpc) is 3.29. The van der Waals surface area contributed by atoms with Crippen molar-refractivity contribution in [2.75, 3.05) is 0 Å². The van der Waals surface area contributed by atoms with Crippen molar-refractivity contribution in [3.05, 3.63) is 77.5 Å². The van der Waals surface area contributed by atoms with Crippen molar-refractivity contribution in [2.24, 2.45) is 7.05 Å². The zero-order valence-corrected chi connectivity index (χ0v) is 16.6. The van der Waals surface area contributed by atoms with E-state index in [0.29, 0.717) is 25.7 Å². The Labute approximate surface area is 169 Å². The Morgan fingerprint density at radius 2 is 2.04 bits per heavy atom. The summed E-state index contributed by atoms with van der Waals surface area (Å²) in [5, 5.41) is 4.02. The molecule has 1 atom stereocenters. The van der Waals surface area contributed by atoms with Gasteiger partial charge in [-0.25, -0.2) is 9.19 Å². The molecule has 2 aromatic carbocycles. The Kier molecular flexibility index (Phi) is 5.02. The van der Waals surface area contributed by atoms with E-state index in [1.807, 2.05) is 36.0 Å². The van der Waals surface area contributed by atoms with Crippen LogP contribution >= 0.6 is 11.6 Å². The molecule has 28 heavy (non-hydrogen) atoms. The fourth-order valence-electron chi connectivity index (χ4n) is 2.97. The molecule has 0 aliphatic carbocycles. The van der Waals surface area contributed by atoms with Crippen LogP contribution in [-0.4, -0.2) is 24.7 Å². The number of rotatable bonds is 5. The van der Waals surface area contributed by atoms with Gasteiger partial charge in [-0.3, -0.25) is 4.79 Å². The first-order valence-corrected chi connectivity index (χ1v) is 10.1. The summed E-state index contributed by atoms with van der Waals surface area (Å²) in [6.45, 7) is 0.260. The van der Waals surface area contributed by atoms with E-state index in [4.69, 9.17) is 11.6 Å². The number of aromatic nitrogens is 3. The number of hydrogen-bond donors (Lipinski definition) is 2. The highest BCUT2D eigenvalue weighted by Gasteiger charge is 2.23. The van der Waals surface area contributed by atoms with Crippen LogP contribution in [-0.2, 0) is 24.4 Å². The number of imidazole rings is 1. The second kappa shape index (κ2) is 7.61. The number of H-pyrrole nitrogens is 1. The summed E-state index contributed by atoms with van der Waals surface area (Å²) in [6.07, 6.45) is 3.48. The maximum atomic E-state index is 13.3. The molecule has 0 aliphatic rings. The standard InChI is InChI=1S/C20H17ClN4O2S/c1-25-10-9-22-17(25)12-23-20(26)18-19(28(27)14-5-3-2-4-6-14)15-11-13(21)7-8-16(15)24-18/h2-11,24H,12H2,1H3,(H,23,26). The van der Waals surface area contributed by atoms with E-state index < -0.39 is 10.8 Å². The van der Waals surface area contributed by atoms with Crippen LogP contribution in [0, 0.1) is 0 Å². The number of carbonyl (C=O) groups is 1. The van der Waals surface area contributed by atoms with Gasteiger partial charge >= 0.3 is 0 Å². The summed E-state index contributed by atoms with van der Waals surface area (Å²) in [6, 6.07) is 14.3. The molecule has 0 radical (unpaired) electrons. The van der Waals surface area contributed by atoms with Gasteiger partial charge in [0.05, 0.1) is 22.2 Å². The van der Waals surface area contributed by atoms with Crippen molar-refractivity contribution in [3.8, 4) is 0 Å². The molecule has 6 nitrogen and oxygen atoms in total. The van der Waals surface area contributed by atoms with Gasteiger partial charge in [0.15, 0.2) is 0 Å². The lowest BCUT2D eigenvalue weighted by Crippen LogP contribution is -2.25. The monoisotopic (exact) mass is 412 g/mol. The van der Waals surface area contributed by atoms with Crippen molar-refractivity contribution >= 4 is 39.2 Å². The molecule has 1 unspecified atom stereocenters. The van der Waals surface area contributed by atoms with Crippen LogP contribution < -0.4 is 5.32 Å². The predicted octanol–water partition coefficient (Wildman–Crippen LogP) is 3.65. The first kappa shape index (κ1) is 18.5. The van der Waals surface area contributed by atoms with Gasteiger partial charge in [-0.2, -0.15) is 0 Å². The minimum absolute atomic E-state index is 0.258. The molecule has 1 amide bonds. The highest BCUT2D eigenvalue weighted by molar-refractivity contribution is 7.85. The van der Waals surface area contributed by atoms with Crippen LogP contribution in [0.15, 0.2) is 70.7 Å². The van der Waals surface area contributed by atoms with Crippen molar-refractivity contribution in [1.29, 1.82) is 0 Å². The van der Waals surface area contributed by atoms with Gasteiger partial charge < -0.3 is 14.9 Å². The molecular formula is C20H17ClN4O2S. The van der Waals surface area contributed by atoms with Crippen LogP contribution in [0.3, 0.4) is 0 Å². The third-order valence-electron chi connectivity index (χ3n) is 4.41. The third kappa shape index (κ3) is 3.46. The Hall–Kier alpha value is -2.90. The summed E-state index contributed by atoms with van der Waals surface area (Å²) in [5.74, 6) is 0.368. The summed E-state index contributed by atoms with van der Waals surface area (Å²) in [7, 11) is 0.310. The minimum atomic E-state index is -1.55. The summed E-state index contributed by atoms with van der Waals surface area (Å²) in [4.78, 5) is 21.2. The second-order valence-electron chi connectivity index (χ2n) is 6.24. The van der Waals surface area contributed by atoms with Gasteiger partial charge in [0.2, 0.25) is 0 Å². The molecule has 0 saturated carbocycles. The van der Waals surface area contributed by atoms with E-state index in [-0.39, 0.29) is 18.1 Å². The fourth-order valence-corrected chi connectivity index (χ4v) is 4.48. The van der Waals surface area contributed by atoms with E-state index in [9.17, 15) is 9.00 Å². The lowest BCUT2D eigenvalue weighted by Gasteiger charge is -2.07. The number of benzene rings is 2. The SMILES string of the molecule is Cn1ccnc1CNC(=O)c1[nH]c2ccc(Cl)cc2c1S(=O)c1ccccc1. The van der Waals surface area contributed by atoms with Gasteiger partial charge in [-0.05, 0) is 30.3 Å². The highest BCUT2D eigenvalue weighted by Crippen LogP contribution is 2.31. The first-order valence-electron chi connectivity index (χ1n) is 8.57. The summed E-state index contributed by atoms with van der Waals surface area (Å²) in [5.41, 5.74) is 0.958. The van der Waals surface area contributed by atoms with Crippen molar-refractivity contribution in [2.45, 2.75) is 16.3 Å². The largest absolute Gasteiger partial charge is 0.349 e. The quantitative estimate of drug-likeness (QED) is 0.525. The Balaban J connectivity index is 1.76. The maximum Gasteiger partial charge on any atom is 0.269 e. The molecule has 4 rings (SSSR count). The lowest BCUT2D eigenvalue weighted by molar-refractivity contribution is 0.0942. The highest BCUT2D eigenvalue weighted by atomic mass is 35.5. The van der Waals surface area contributed by atoms with Crippen LogP contribution in [0.5, 0.6) is 0 Å². The number of fused-ring (bicyclic) bond motifs is 1. The van der Waals surface area contributed by atoms with Crippen LogP contribution in [0.1, 0.15) is 16.3 Å². The summed E-state index contributed by atoms with van der Waals surface area (Å²) < 4.78 is 15.1. The molecule has 2 N–H and O–H groups in total. The van der Waals surface area contributed by atoms with Gasteiger partial charge in [0.25, 0.3) is 5.91 Å². The Bertz CT molecular complexity index is 1180. The predicted molar refractivity (Wildman–Crippen MR) is 109 cm³/mol. The molecule has 0 spiro atoms. The maximum absolute atomic E-state index is 13.3. The second-order valence-corrected chi connectivity index (χ2v) is 8.09. The van der Waals surface area contributed by atoms with Crippen molar-refractivity contribution < 1.29 is 9.00 Å². The van der Waals surface area contributed by atoms with E-state index in [2.05, 4.69) is 15.3 Å². The zero-order valence-electron chi connectivity index (χ0n) is 15.0. The van der Waals surface area contributed by atoms with Crippen molar-refractivity contribution in [3.63, 3.8) is 0 Å². The normalized spacial score (nSPS) is 12.2. The van der Waals surface area contributed by atoms with Gasteiger partial charge in [-0.1, -0.05) is 29.8 Å². The molecule has 0 bridgehead atoms. The number of nitrogens with one attached hydrogen (secondary N) is 2. The molecular weight excluding hydrogens is 396 g/mol. The number of halogens is 1. The molecule has 0 fully saturated rings. The van der Waals surface area contributed by atoms with E-state index in [1.54, 1.807) is 36.5 Å². The number of aromatic amines is 1. The molecule has 4 aromatic rings. The Morgan fingerprint density at radius 3 is 2.75 bits per heavy atom. The van der Waals surface area contributed by atoms with Gasteiger partial charge in [-0.15, -0.1) is 0 Å². The Morgan fingerprint density at radius 1 is 1.25 bits per heavy atom. The zero-order chi connectivity index (χ0) is 19.7. The summed E-state index contributed by atoms with van der Waals surface area (Å²) >= 11 is 6.15. The topological polar surface area (TPSA) is 79.8 Å². The first-order chi connectivity index (χ1) is 13.5. The number of hydrogen-bond acceptors (Lipinski definition) is 3. The lowest BCUT2D eigenvalue weighted by atomic mass is 10.2.